The summed E-state index contributed by atoms with van der Waals surface area (Å²) in [5.74, 6) is 1.84. The number of rotatable bonds is 7. The number of ether oxygens (including phenoxy) is 2. The lowest BCUT2D eigenvalue weighted by molar-refractivity contribution is 0.0980. The lowest BCUT2D eigenvalue weighted by Crippen LogP contribution is -2.30. The number of fused-ring (bicyclic) bond motifs is 1. The van der Waals surface area contributed by atoms with Crippen LogP contribution in [0.2, 0.25) is 0 Å². The molecule has 6 nitrogen and oxygen atoms in total. The van der Waals surface area contributed by atoms with Gasteiger partial charge in [0.1, 0.15) is 27.5 Å². The molecule has 2 heterocycles. The SMILES string of the molecule is COc1ccc(OC)c2sc(N(Cc3ccco3)C(=O)c3ccccc3SC)nc12. The van der Waals surface area contributed by atoms with Crippen LogP contribution in [0.25, 0.3) is 10.2 Å². The molecule has 4 rings (SSSR count). The van der Waals surface area contributed by atoms with Gasteiger partial charge in [0.25, 0.3) is 5.91 Å². The van der Waals surface area contributed by atoms with E-state index in [1.807, 2.05) is 48.7 Å². The first-order valence-electron chi connectivity index (χ1n) is 9.15. The minimum atomic E-state index is -0.145. The number of methoxy groups -OCH3 is 2. The molecule has 0 fully saturated rings. The topological polar surface area (TPSA) is 64.8 Å². The van der Waals surface area contributed by atoms with Gasteiger partial charge in [-0.1, -0.05) is 23.5 Å². The number of nitrogens with zero attached hydrogens (tertiary/aromatic N) is 2. The zero-order valence-electron chi connectivity index (χ0n) is 16.7. The number of hydrogen-bond acceptors (Lipinski definition) is 7. The normalized spacial score (nSPS) is 10.9. The number of hydrogen-bond donors (Lipinski definition) is 0. The van der Waals surface area contributed by atoms with Crippen LogP contribution in [-0.2, 0) is 6.54 Å². The Hall–Kier alpha value is -2.97. The molecule has 2 aromatic heterocycles. The number of benzene rings is 2. The monoisotopic (exact) mass is 440 g/mol. The Balaban J connectivity index is 1.85. The van der Waals surface area contributed by atoms with Gasteiger partial charge in [-0.15, -0.1) is 11.8 Å². The lowest BCUT2D eigenvalue weighted by atomic mass is 10.2. The average Bonchev–Trinajstić information content (AvgIpc) is 3.46. The molecule has 0 aliphatic rings. The highest BCUT2D eigenvalue weighted by molar-refractivity contribution is 7.98. The summed E-state index contributed by atoms with van der Waals surface area (Å²) in [6, 6.07) is 14.9. The van der Waals surface area contributed by atoms with Crippen molar-refractivity contribution in [3.63, 3.8) is 0 Å². The number of aromatic nitrogens is 1. The molecule has 0 aliphatic carbocycles. The molecule has 8 heteroatoms. The van der Waals surface area contributed by atoms with E-state index in [2.05, 4.69) is 0 Å². The third kappa shape index (κ3) is 3.76. The third-order valence-corrected chi connectivity index (χ3v) is 6.50. The zero-order valence-corrected chi connectivity index (χ0v) is 18.4. The van der Waals surface area contributed by atoms with E-state index < -0.39 is 0 Å². The maximum absolute atomic E-state index is 13.6. The van der Waals surface area contributed by atoms with Crippen molar-refractivity contribution < 1.29 is 18.7 Å². The summed E-state index contributed by atoms with van der Waals surface area (Å²) in [5, 5.41) is 0.546. The number of anilines is 1. The van der Waals surface area contributed by atoms with E-state index in [9.17, 15) is 4.79 Å². The molecule has 1 amide bonds. The van der Waals surface area contributed by atoms with Crippen LogP contribution >= 0.6 is 23.1 Å². The Morgan fingerprint density at radius 1 is 1.10 bits per heavy atom. The van der Waals surface area contributed by atoms with Gasteiger partial charge >= 0.3 is 0 Å². The van der Waals surface area contributed by atoms with Crippen molar-refractivity contribution in [1.82, 2.24) is 4.98 Å². The van der Waals surface area contributed by atoms with E-state index in [0.717, 1.165) is 9.60 Å². The Morgan fingerprint density at radius 3 is 2.57 bits per heavy atom. The van der Waals surface area contributed by atoms with Gasteiger partial charge in [-0.2, -0.15) is 0 Å². The summed E-state index contributed by atoms with van der Waals surface area (Å²) in [4.78, 5) is 20.9. The highest BCUT2D eigenvalue weighted by atomic mass is 32.2. The van der Waals surface area contributed by atoms with Crippen molar-refractivity contribution in [2.45, 2.75) is 11.4 Å². The second-order valence-electron chi connectivity index (χ2n) is 6.32. The Morgan fingerprint density at radius 2 is 1.87 bits per heavy atom. The van der Waals surface area contributed by atoms with Gasteiger partial charge in [-0.25, -0.2) is 4.98 Å². The van der Waals surface area contributed by atoms with Crippen molar-refractivity contribution in [2.75, 3.05) is 25.4 Å². The van der Waals surface area contributed by atoms with Crippen molar-refractivity contribution >= 4 is 44.4 Å². The molecule has 0 saturated heterocycles. The van der Waals surface area contributed by atoms with E-state index in [-0.39, 0.29) is 12.5 Å². The molecular weight excluding hydrogens is 420 g/mol. The van der Waals surface area contributed by atoms with Gasteiger partial charge in [-0.3, -0.25) is 9.69 Å². The molecule has 30 heavy (non-hydrogen) atoms. The molecule has 0 aliphatic heterocycles. The maximum atomic E-state index is 13.6. The molecule has 4 aromatic rings. The number of carbonyl (C=O) groups excluding carboxylic acids is 1. The van der Waals surface area contributed by atoms with E-state index in [0.29, 0.717) is 33.5 Å². The molecular formula is C22H20N2O4S2. The van der Waals surface area contributed by atoms with Crippen LogP contribution in [0.4, 0.5) is 5.13 Å². The van der Waals surface area contributed by atoms with Crippen molar-refractivity contribution in [1.29, 1.82) is 0 Å². The summed E-state index contributed by atoms with van der Waals surface area (Å²) >= 11 is 2.92. The van der Waals surface area contributed by atoms with Gasteiger partial charge in [0.05, 0.1) is 32.6 Å². The smallest absolute Gasteiger partial charge is 0.261 e. The highest BCUT2D eigenvalue weighted by Gasteiger charge is 2.26. The summed E-state index contributed by atoms with van der Waals surface area (Å²) < 4.78 is 17.3. The lowest BCUT2D eigenvalue weighted by Gasteiger charge is -2.20. The van der Waals surface area contributed by atoms with Crippen LogP contribution < -0.4 is 14.4 Å². The number of carbonyl (C=O) groups is 1. The van der Waals surface area contributed by atoms with E-state index in [1.165, 1.54) is 23.1 Å². The molecule has 0 atom stereocenters. The largest absolute Gasteiger partial charge is 0.495 e. The predicted molar refractivity (Wildman–Crippen MR) is 120 cm³/mol. The summed E-state index contributed by atoms with van der Waals surface area (Å²) in [6.45, 7) is 0.263. The fraction of sp³-hybridized carbons (Fsp3) is 0.182. The second kappa shape index (κ2) is 8.81. The van der Waals surface area contributed by atoms with Gasteiger partial charge < -0.3 is 13.9 Å². The minimum Gasteiger partial charge on any atom is -0.495 e. The average molecular weight is 441 g/mol. The second-order valence-corrected chi connectivity index (χ2v) is 8.14. The van der Waals surface area contributed by atoms with Gasteiger partial charge in [0, 0.05) is 4.90 Å². The molecule has 0 N–H and O–H groups in total. The molecule has 0 radical (unpaired) electrons. The predicted octanol–water partition coefficient (Wildman–Crippen LogP) is 5.48. The highest BCUT2D eigenvalue weighted by Crippen LogP contribution is 2.41. The number of thioether (sulfide) groups is 1. The molecule has 0 spiro atoms. The molecule has 0 saturated carbocycles. The van der Waals surface area contributed by atoms with Crippen molar-refractivity contribution in [3.05, 3.63) is 66.1 Å². The van der Waals surface area contributed by atoms with Crippen LogP contribution in [0.5, 0.6) is 11.5 Å². The van der Waals surface area contributed by atoms with Gasteiger partial charge in [-0.05, 0) is 42.7 Å². The van der Waals surface area contributed by atoms with Crippen LogP contribution in [0, 0.1) is 0 Å². The number of thiazole rings is 1. The number of amides is 1. The Labute approximate surface area is 182 Å². The van der Waals surface area contributed by atoms with Crippen LogP contribution in [-0.4, -0.2) is 31.4 Å². The quantitative estimate of drug-likeness (QED) is 0.355. The number of furan rings is 1. The van der Waals surface area contributed by atoms with Crippen LogP contribution in [0.1, 0.15) is 16.1 Å². The molecule has 2 aromatic carbocycles. The van der Waals surface area contributed by atoms with E-state index in [1.54, 1.807) is 31.4 Å². The van der Waals surface area contributed by atoms with Gasteiger partial charge in [0.2, 0.25) is 0 Å². The fourth-order valence-electron chi connectivity index (χ4n) is 3.14. The molecule has 0 bridgehead atoms. The van der Waals surface area contributed by atoms with Gasteiger partial charge in [0.15, 0.2) is 5.13 Å². The van der Waals surface area contributed by atoms with Crippen molar-refractivity contribution in [2.24, 2.45) is 0 Å². The van der Waals surface area contributed by atoms with Crippen LogP contribution in [0.15, 0.2) is 64.1 Å². The summed E-state index contributed by atoms with van der Waals surface area (Å²) in [5.41, 5.74) is 1.28. The van der Waals surface area contributed by atoms with Crippen LogP contribution in [0.3, 0.4) is 0 Å². The maximum Gasteiger partial charge on any atom is 0.261 e. The van der Waals surface area contributed by atoms with E-state index >= 15 is 0 Å². The molecule has 154 valence electrons. The summed E-state index contributed by atoms with van der Waals surface area (Å²) in [6.07, 6.45) is 3.55. The molecule has 0 unspecified atom stereocenters. The first kappa shape index (κ1) is 20.3. The van der Waals surface area contributed by atoms with Crippen molar-refractivity contribution in [3.8, 4) is 11.5 Å². The van der Waals surface area contributed by atoms with E-state index in [4.69, 9.17) is 18.9 Å². The first-order chi connectivity index (χ1) is 14.7. The standard InChI is InChI=1S/C22H20N2O4S2/c1-26-16-10-11-17(27-2)20-19(16)23-22(30-20)24(13-14-7-6-12-28-14)21(25)15-8-4-5-9-18(15)29-3/h4-12H,13H2,1-3H3. The minimum absolute atomic E-state index is 0.145. The Kier molecular flexibility index (Phi) is 5.96. The summed E-state index contributed by atoms with van der Waals surface area (Å²) in [7, 11) is 3.21. The Bertz CT molecular complexity index is 1130. The fourth-order valence-corrected chi connectivity index (χ4v) is 4.80. The first-order valence-corrected chi connectivity index (χ1v) is 11.2. The zero-order chi connectivity index (χ0) is 21.1. The third-order valence-electron chi connectivity index (χ3n) is 4.61.